The molecule has 0 aliphatic heterocycles. The number of anilines is 1. The number of hydrogen-bond donors (Lipinski definition) is 1. The first-order chi connectivity index (χ1) is 9.02. The van der Waals surface area contributed by atoms with Crippen LogP contribution in [0.4, 0.5) is 5.69 Å². The third-order valence-corrected chi connectivity index (χ3v) is 3.91. The summed E-state index contributed by atoms with van der Waals surface area (Å²) in [6.07, 6.45) is 0. The molecule has 0 fully saturated rings. The quantitative estimate of drug-likeness (QED) is 0.780. The van der Waals surface area contributed by atoms with Gasteiger partial charge in [-0.2, -0.15) is 0 Å². The third-order valence-electron chi connectivity index (χ3n) is 2.97. The molecular formula is C14H21NO3S. The van der Waals surface area contributed by atoms with E-state index < -0.39 is 5.97 Å². The molecule has 0 spiro atoms. The van der Waals surface area contributed by atoms with Gasteiger partial charge in [0, 0.05) is 25.1 Å². The number of ether oxygens (including phenoxy) is 1. The zero-order valence-corrected chi connectivity index (χ0v) is 12.7. The molecule has 1 atom stereocenters. The Labute approximate surface area is 118 Å². The van der Waals surface area contributed by atoms with Crippen molar-refractivity contribution in [2.75, 3.05) is 31.4 Å². The predicted octanol–water partition coefficient (Wildman–Crippen LogP) is 2.97. The highest BCUT2D eigenvalue weighted by molar-refractivity contribution is 7.99. The maximum atomic E-state index is 11.5. The van der Waals surface area contributed by atoms with Crippen molar-refractivity contribution in [1.82, 2.24) is 0 Å². The lowest BCUT2D eigenvalue weighted by Crippen LogP contribution is -2.33. The molecule has 5 heteroatoms. The fraction of sp³-hybridized carbons (Fsp3) is 0.500. The van der Waals surface area contributed by atoms with Crippen LogP contribution in [-0.4, -0.2) is 43.6 Å². The molecule has 1 N–H and O–H groups in total. The van der Waals surface area contributed by atoms with E-state index in [1.165, 1.54) is 0 Å². The lowest BCUT2D eigenvalue weighted by atomic mass is 10.1. The Morgan fingerprint density at radius 1 is 1.53 bits per heavy atom. The molecule has 1 rings (SSSR count). The van der Waals surface area contributed by atoms with Crippen molar-refractivity contribution in [2.24, 2.45) is 0 Å². The van der Waals surface area contributed by atoms with Gasteiger partial charge in [0.25, 0.3) is 0 Å². The number of hydrogen-bond acceptors (Lipinski definition) is 4. The number of methoxy groups -OCH3 is 1. The van der Waals surface area contributed by atoms with Crippen molar-refractivity contribution in [2.45, 2.75) is 24.8 Å². The molecule has 0 aliphatic rings. The summed E-state index contributed by atoms with van der Waals surface area (Å²) in [5.74, 6) is -0.0378. The Balaban J connectivity index is 3.18. The Hall–Kier alpha value is -1.20. The van der Waals surface area contributed by atoms with Gasteiger partial charge in [0.15, 0.2) is 0 Å². The van der Waals surface area contributed by atoms with Gasteiger partial charge in [0.05, 0.1) is 17.9 Å². The van der Waals surface area contributed by atoms with Gasteiger partial charge in [0.1, 0.15) is 0 Å². The molecule has 106 valence electrons. The smallest absolute Gasteiger partial charge is 0.338 e. The molecule has 0 bridgehead atoms. The molecule has 0 amide bonds. The van der Waals surface area contributed by atoms with Gasteiger partial charge in [-0.05, 0) is 24.8 Å². The number of carbonyl (C=O) groups is 1. The molecule has 1 aromatic rings. The molecule has 0 heterocycles. The number of nitrogens with zero attached hydrogens (tertiary/aromatic N) is 1. The monoisotopic (exact) mass is 283 g/mol. The van der Waals surface area contributed by atoms with Gasteiger partial charge >= 0.3 is 5.97 Å². The van der Waals surface area contributed by atoms with Crippen LogP contribution in [0.15, 0.2) is 23.1 Å². The zero-order valence-electron chi connectivity index (χ0n) is 11.8. The maximum Gasteiger partial charge on any atom is 0.338 e. The summed E-state index contributed by atoms with van der Waals surface area (Å²) >= 11 is 1.55. The second-order valence-corrected chi connectivity index (χ2v) is 5.61. The molecule has 4 nitrogen and oxygen atoms in total. The lowest BCUT2D eigenvalue weighted by Gasteiger charge is -2.28. The minimum atomic E-state index is -0.886. The number of likely N-dealkylation sites (N-methyl/N-ethyl adjacent to an activating group) is 1. The molecule has 0 saturated heterocycles. The van der Waals surface area contributed by atoms with Crippen LogP contribution in [0.25, 0.3) is 0 Å². The Kier molecular flexibility index (Phi) is 6.18. The fourth-order valence-corrected chi connectivity index (χ4v) is 2.72. The molecule has 19 heavy (non-hydrogen) atoms. The average Bonchev–Trinajstić information content (AvgIpc) is 2.38. The molecule has 0 radical (unpaired) electrons. The van der Waals surface area contributed by atoms with E-state index >= 15 is 0 Å². The standard InChI is InChI=1S/C14H21NO3S/c1-5-19-12-8-6-7-11(13(12)14(16)17)15(3)10(2)9-18-4/h6-8,10H,5,9H2,1-4H3,(H,16,17). The minimum Gasteiger partial charge on any atom is -0.478 e. The van der Waals surface area contributed by atoms with Crippen molar-refractivity contribution in [3.8, 4) is 0 Å². The first kappa shape index (κ1) is 15.9. The first-order valence-corrected chi connectivity index (χ1v) is 7.22. The van der Waals surface area contributed by atoms with Crippen LogP contribution in [0.5, 0.6) is 0 Å². The molecule has 1 aromatic carbocycles. The highest BCUT2D eigenvalue weighted by Gasteiger charge is 2.20. The molecule has 0 aromatic heterocycles. The van der Waals surface area contributed by atoms with E-state index in [0.29, 0.717) is 12.2 Å². The highest BCUT2D eigenvalue weighted by Crippen LogP contribution is 2.31. The number of thioether (sulfide) groups is 1. The van der Waals surface area contributed by atoms with E-state index in [9.17, 15) is 9.90 Å². The SMILES string of the molecule is CCSc1cccc(N(C)C(C)COC)c1C(=O)O. The topological polar surface area (TPSA) is 49.8 Å². The summed E-state index contributed by atoms with van der Waals surface area (Å²) in [5, 5.41) is 9.46. The van der Waals surface area contributed by atoms with Crippen molar-refractivity contribution >= 4 is 23.4 Å². The van der Waals surface area contributed by atoms with Crippen LogP contribution in [0.1, 0.15) is 24.2 Å². The molecular weight excluding hydrogens is 262 g/mol. The second kappa shape index (κ2) is 7.40. The van der Waals surface area contributed by atoms with Crippen molar-refractivity contribution < 1.29 is 14.6 Å². The predicted molar refractivity (Wildman–Crippen MR) is 79.5 cm³/mol. The van der Waals surface area contributed by atoms with Crippen LogP contribution in [0.2, 0.25) is 0 Å². The van der Waals surface area contributed by atoms with E-state index in [0.717, 1.165) is 16.3 Å². The summed E-state index contributed by atoms with van der Waals surface area (Å²) in [5.41, 5.74) is 1.11. The highest BCUT2D eigenvalue weighted by atomic mass is 32.2. The summed E-state index contributed by atoms with van der Waals surface area (Å²) in [7, 11) is 3.54. The second-order valence-electron chi connectivity index (χ2n) is 4.30. The Morgan fingerprint density at radius 2 is 2.21 bits per heavy atom. The largest absolute Gasteiger partial charge is 0.478 e. The summed E-state index contributed by atoms with van der Waals surface area (Å²) in [6.45, 7) is 4.58. The van der Waals surface area contributed by atoms with Gasteiger partial charge < -0.3 is 14.7 Å². The first-order valence-electron chi connectivity index (χ1n) is 6.23. The van der Waals surface area contributed by atoms with Gasteiger partial charge in [-0.1, -0.05) is 13.0 Å². The van der Waals surface area contributed by atoms with Crippen molar-refractivity contribution in [1.29, 1.82) is 0 Å². The van der Waals surface area contributed by atoms with Crippen LogP contribution < -0.4 is 4.90 Å². The Bertz CT molecular complexity index is 437. The third kappa shape index (κ3) is 3.88. The van der Waals surface area contributed by atoms with Crippen LogP contribution in [0, 0.1) is 0 Å². The summed E-state index contributed by atoms with van der Waals surface area (Å²) in [6, 6.07) is 5.71. The minimum absolute atomic E-state index is 0.116. The molecule has 0 aliphatic carbocycles. The van der Waals surface area contributed by atoms with Crippen LogP contribution in [0.3, 0.4) is 0 Å². The number of carboxylic acid groups (broad SMARTS) is 1. The van der Waals surface area contributed by atoms with Crippen molar-refractivity contribution in [3.05, 3.63) is 23.8 Å². The van der Waals surface area contributed by atoms with E-state index in [2.05, 4.69) is 0 Å². The number of carboxylic acids is 1. The maximum absolute atomic E-state index is 11.5. The van der Waals surface area contributed by atoms with E-state index in [1.54, 1.807) is 18.9 Å². The molecule has 1 unspecified atom stereocenters. The van der Waals surface area contributed by atoms with Crippen LogP contribution >= 0.6 is 11.8 Å². The fourth-order valence-electron chi connectivity index (χ4n) is 1.89. The van der Waals surface area contributed by atoms with Gasteiger partial charge in [-0.15, -0.1) is 11.8 Å². The van der Waals surface area contributed by atoms with Gasteiger partial charge in [-0.25, -0.2) is 4.79 Å². The van der Waals surface area contributed by atoms with E-state index in [-0.39, 0.29) is 6.04 Å². The summed E-state index contributed by atoms with van der Waals surface area (Å²) < 4.78 is 5.13. The van der Waals surface area contributed by atoms with Gasteiger partial charge in [-0.3, -0.25) is 0 Å². The Morgan fingerprint density at radius 3 is 2.74 bits per heavy atom. The van der Waals surface area contributed by atoms with Gasteiger partial charge in [0.2, 0.25) is 0 Å². The van der Waals surface area contributed by atoms with Crippen molar-refractivity contribution in [3.63, 3.8) is 0 Å². The summed E-state index contributed by atoms with van der Waals surface area (Å²) in [4.78, 5) is 14.3. The lowest BCUT2D eigenvalue weighted by molar-refractivity contribution is 0.0693. The number of aromatic carboxylic acids is 1. The van der Waals surface area contributed by atoms with Crippen LogP contribution in [-0.2, 0) is 4.74 Å². The zero-order chi connectivity index (χ0) is 14.4. The van der Waals surface area contributed by atoms with E-state index in [4.69, 9.17) is 4.74 Å². The molecule has 0 saturated carbocycles. The number of rotatable bonds is 7. The average molecular weight is 283 g/mol. The van der Waals surface area contributed by atoms with E-state index in [1.807, 2.05) is 44.0 Å². The number of benzene rings is 1. The normalized spacial score (nSPS) is 12.2.